The number of ether oxygens (including phenoxy) is 3. The standard InChI is InChI=1S/C20H17BrN2O6/c1-27-15-9-11(10-16(28-2)17(15)29-3)8-14-18(24)22-20(26)23(19(14)25)13-6-4-12(21)5-7-13/h4-10H,1-3H3,(H,22,24,26)/b14-8-. The molecule has 2 aromatic carbocycles. The number of urea groups is 1. The van der Waals surface area contributed by atoms with Crippen LogP contribution in [-0.4, -0.2) is 39.2 Å². The number of anilines is 1. The number of rotatable bonds is 5. The highest BCUT2D eigenvalue weighted by atomic mass is 79.9. The molecule has 0 bridgehead atoms. The molecule has 0 aromatic heterocycles. The zero-order valence-corrected chi connectivity index (χ0v) is 17.4. The zero-order valence-electron chi connectivity index (χ0n) is 15.8. The van der Waals surface area contributed by atoms with Crippen molar-refractivity contribution >= 4 is 45.5 Å². The number of barbiturate groups is 1. The summed E-state index contributed by atoms with van der Waals surface area (Å²) in [6, 6.07) is 8.93. The lowest BCUT2D eigenvalue weighted by Crippen LogP contribution is -2.54. The maximum absolute atomic E-state index is 12.9. The van der Waals surface area contributed by atoms with Gasteiger partial charge in [-0.25, -0.2) is 9.69 Å². The van der Waals surface area contributed by atoms with Crippen molar-refractivity contribution in [2.75, 3.05) is 26.2 Å². The van der Waals surface area contributed by atoms with Crippen LogP contribution in [0.3, 0.4) is 0 Å². The average Bonchev–Trinajstić information content (AvgIpc) is 2.71. The van der Waals surface area contributed by atoms with Gasteiger partial charge in [0.25, 0.3) is 11.8 Å². The van der Waals surface area contributed by atoms with Crippen molar-refractivity contribution in [3.8, 4) is 17.2 Å². The van der Waals surface area contributed by atoms with Crippen LogP contribution in [0.25, 0.3) is 6.08 Å². The molecular weight excluding hydrogens is 444 g/mol. The summed E-state index contributed by atoms with van der Waals surface area (Å²) in [5.41, 5.74) is 0.587. The molecule has 0 spiro atoms. The Morgan fingerprint density at radius 2 is 1.52 bits per heavy atom. The molecule has 2 aromatic rings. The minimum Gasteiger partial charge on any atom is -0.493 e. The summed E-state index contributed by atoms with van der Waals surface area (Å²) in [5, 5.41) is 2.18. The summed E-state index contributed by atoms with van der Waals surface area (Å²) in [7, 11) is 4.39. The zero-order chi connectivity index (χ0) is 21.1. The maximum Gasteiger partial charge on any atom is 0.335 e. The van der Waals surface area contributed by atoms with Gasteiger partial charge in [-0.15, -0.1) is 0 Å². The van der Waals surface area contributed by atoms with Crippen LogP contribution in [0.5, 0.6) is 17.2 Å². The first-order valence-electron chi connectivity index (χ1n) is 8.36. The fraction of sp³-hybridized carbons (Fsp3) is 0.150. The third-order valence-corrected chi connectivity index (χ3v) is 4.71. The molecule has 0 aliphatic carbocycles. The van der Waals surface area contributed by atoms with E-state index in [1.165, 1.54) is 27.4 Å². The summed E-state index contributed by atoms with van der Waals surface area (Å²) in [6.07, 6.45) is 1.36. The molecule has 9 heteroatoms. The van der Waals surface area contributed by atoms with E-state index in [4.69, 9.17) is 14.2 Å². The van der Waals surface area contributed by atoms with Crippen molar-refractivity contribution in [1.29, 1.82) is 0 Å². The highest BCUT2D eigenvalue weighted by Gasteiger charge is 2.36. The minimum absolute atomic E-state index is 0.207. The average molecular weight is 461 g/mol. The number of carbonyl (C=O) groups is 3. The Morgan fingerprint density at radius 1 is 0.931 bits per heavy atom. The third kappa shape index (κ3) is 3.95. The Balaban J connectivity index is 2.06. The van der Waals surface area contributed by atoms with Crippen LogP contribution in [0, 0.1) is 0 Å². The Hall–Kier alpha value is -3.33. The molecule has 1 N–H and O–H groups in total. The van der Waals surface area contributed by atoms with Gasteiger partial charge in [0.2, 0.25) is 5.75 Å². The molecule has 150 valence electrons. The fourth-order valence-electron chi connectivity index (χ4n) is 2.83. The minimum atomic E-state index is -0.815. The molecule has 1 fully saturated rings. The number of hydrogen-bond acceptors (Lipinski definition) is 6. The summed E-state index contributed by atoms with van der Waals surface area (Å²) in [6.45, 7) is 0. The van der Waals surface area contributed by atoms with Gasteiger partial charge in [0.05, 0.1) is 27.0 Å². The Labute approximate surface area is 175 Å². The van der Waals surface area contributed by atoms with Gasteiger partial charge in [0.1, 0.15) is 5.57 Å². The Morgan fingerprint density at radius 3 is 2.03 bits per heavy atom. The number of amides is 4. The van der Waals surface area contributed by atoms with E-state index in [-0.39, 0.29) is 5.57 Å². The summed E-state index contributed by atoms with van der Waals surface area (Å²) >= 11 is 3.30. The van der Waals surface area contributed by atoms with E-state index in [0.29, 0.717) is 28.5 Å². The molecule has 1 saturated heterocycles. The number of nitrogens with one attached hydrogen (secondary N) is 1. The number of benzene rings is 2. The molecule has 1 aliphatic rings. The van der Waals surface area contributed by atoms with E-state index >= 15 is 0 Å². The molecule has 1 aliphatic heterocycles. The van der Waals surface area contributed by atoms with E-state index < -0.39 is 17.8 Å². The number of carbonyl (C=O) groups excluding carboxylic acids is 3. The number of nitrogens with zero attached hydrogens (tertiary/aromatic N) is 1. The molecule has 3 rings (SSSR count). The van der Waals surface area contributed by atoms with Crippen molar-refractivity contribution in [3.63, 3.8) is 0 Å². The Bertz CT molecular complexity index is 991. The lowest BCUT2D eigenvalue weighted by atomic mass is 10.1. The number of imide groups is 2. The molecule has 4 amide bonds. The molecule has 8 nitrogen and oxygen atoms in total. The largest absolute Gasteiger partial charge is 0.493 e. The smallest absolute Gasteiger partial charge is 0.335 e. The second-order valence-electron chi connectivity index (χ2n) is 5.89. The molecular formula is C20H17BrN2O6. The number of halogens is 1. The third-order valence-electron chi connectivity index (χ3n) is 4.18. The summed E-state index contributed by atoms with van der Waals surface area (Å²) in [4.78, 5) is 38.4. The fourth-order valence-corrected chi connectivity index (χ4v) is 3.10. The van der Waals surface area contributed by atoms with Crippen LogP contribution >= 0.6 is 15.9 Å². The van der Waals surface area contributed by atoms with E-state index in [0.717, 1.165) is 9.37 Å². The van der Waals surface area contributed by atoms with Gasteiger partial charge in [-0.1, -0.05) is 15.9 Å². The van der Waals surface area contributed by atoms with Gasteiger partial charge < -0.3 is 14.2 Å². The predicted molar refractivity (Wildman–Crippen MR) is 109 cm³/mol. The highest BCUT2D eigenvalue weighted by Crippen LogP contribution is 2.39. The Kier molecular flexibility index (Phi) is 5.88. The van der Waals surface area contributed by atoms with Gasteiger partial charge in [0, 0.05) is 4.47 Å². The monoisotopic (exact) mass is 460 g/mol. The second-order valence-corrected chi connectivity index (χ2v) is 6.81. The quantitative estimate of drug-likeness (QED) is 0.543. The topological polar surface area (TPSA) is 94.2 Å². The number of hydrogen-bond donors (Lipinski definition) is 1. The first-order chi connectivity index (χ1) is 13.9. The molecule has 29 heavy (non-hydrogen) atoms. The SMILES string of the molecule is COc1cc(/C=C2/C(=O)NC(=O)N(c3ccc(Br)cc3)C2=O)cc(OC)c1OC. The van der Waals surface area contributed by atoms with E-state index in [1.54, 1.807) is 36.4 Å². The molecule has 0 saturated carbocycles. The lowest BCUT2D eigenvalue weighted by molar-refractivity contribution is -0.122. The lowest BCUT2D eigenvalue weighted by Gasteiger charge is -2.26. The maximum atomic E-state index is 12.9. The van der Waals surface area contributed by atoms with Crippen molar-refractivity contribution in [3.05, 3.63) is 52.0 Å². The van der Waals surface area contributed by atoms with Crippen molar-refractivity contribution < 1.29 is 28.6 Å². The highest BCUT2D eigenvalue weighted by molar-refractivity contribution is 9.10. The van der Waals surface area contributed by atoms with Crippen LogP contribution in [0.2, 0.25) is 0 Å². The van der Waals surface area contributed by atoms with Crippen LogP contribution in [-0.2, 0) is 9.59 Å². The second kappa shape index (κ2) is 8.36. The van der Waals surface area contributed by atoms with Crippen LogP contribution in [0.1, 0.15) is 5.56 Å². The van der Waals surface area contributed by atoms with Gasteiger partial charge in [-0.05, 0) is 48.0 Å². The normalized spacial score (nSPS) is 15.4. The molecule has 1 heterocycles. The van der Waals surface area contributed by atoms with Gasteiger partial charge >= 0.3 is 6.03 Å². The van der Waals surface area contributed by atoms with Gasteiger partial charge in [0.15, 0.2) is 11.5 Å². The first-order valence-corrected chi connectivity index (χ1v) is 9.16. The van der Waals surface area contributed by atoms with Crippen LogP contribution in [0.4, 0.5) is 10.5 Å². The van der Waals surface area contributed by atoms with Crippen LogP contribution < -0.4 is 24.4 Å². The van der Waals surface area contributed by atoms with Crippen molar-refractivity contribution in [2.45, 2.75) is 0 Å². The van der Waals surface area contributed by atoms with E-state index in [2.05, 4.69) is 21.2 Å². The van der Waals surface area contributed by atoms with Crippen molar-refractivity contribution in [1.82, 2.24) is 5.32 Å². The van der Waals surface area contributed by atoms with Crippen molar-refractivity contribution in [2.24, 2.45) is 0 Å². The molecule has 0 atom stereocenters. The molecule has 0 radical (unpaired) electrons. The summed E-state index contributed by atoms with van der Waals surface area (Å²) in [5.74, 6) is -0.424. The first kappa shape index (κ1) is 20.4. The van der Waals surface area contributed by atoms with E-state index in [1.807, 2.05) is 0 Å². The van der Waals surface area contributed by atoms with Gasteiger partial charge in [-0.3, -0.25) is 14.9 Å². The van der Waals surface area contributed by atoms with E-state index in [9.17, 15) is 14.4 Å². The van der Waals surface area contributed by atoms with Crippen LogP contribution in [0.15, 0.2) is 46.4 Å². The summed E-state index contributed by atoms with van der Waals surface area (Å²) < 4.78 is 16.6. The van der Waals surface area contributed by atoms with Gasteiger partial charge in [-0.2, -0.15) is 0 Å². The molecule has 0 unspecified atom stereocenters. The predicted octanol–water partition coefficient (Wildman–Crippen LogP) is 3.14. The number of methoxy groups -OCH3 is 3.